The van der Waals surface area contributed by atoms with E-state index in [2.05, 4.69) is 15.5 Å². The number of aromatic nitrogens is 2. The van der Waals surface area contributed by atoms with Crippen LogP contribution < -0.4 is 5.32 Å². The number of likely N-dealkylation sites (tertiary alicyclic amines) is 1. The van der Waals surface area contributed by atoms with Crippen molar-refractivity contribution in [1.29, 1.82) is 0 Å². The first-order valence-corrected chi connectivity index (χ1v) is 5.57. The number of piperidine rings is 1. The van der Waals surface area contributed by atoms with Crippen molar-refractivity contribution in [3.05, 3.63) is 11.7 Å². The van der Waals surface area contributed by atoms with Crippen molar-refractivity contribution in [2.75, 3.05) is 13.1 Å². The van der Waals surface area contributed by atoms with E-state index in [1.165, 1.54) is 6.42 Å². The van der Waals surface area contributed by atoms with Crippen molar-refractivity contribution < 1.29 is 9.32 Å². The van der Waals surface area contributed by atoms with E-state index in [0.29, 0.717) is 18.3 Å². The van der Waals surface area contributed by atoms with Gasteiger partial charge in [0.1, 0.15) is 0 Å². The molecule has 1 aromatic rings. The molecule has 0 bridgehead atoms. The number of carbonyl (C=O) groups is 1. The molecular formula is C10H16N4O2. The summed E-state index contributed by atoms with van der Waals surface area (Å²) in [5.41, 5.74) is 0. The van der Waals surface area contributed by atoms with Crippen LogP contribution in [0.25, 0.3) is 0 Å². The third-order valence-corrected chi connectivity index (χ3v) is 2.60. The van der Waals surface area contributed by atoms with Crippen LogP contribution >= 0.6 is 0 Å². The second-order valence-electron chi connectivity index (χ2n) is 3.94. The van der Waals surface area contributed by atoms with Crippen molar-refractivity contribution in [2.24, 2.45) is 0 Å². The zero-order chi connectivity index (χ0) is 11.4. The molecule has 0 atom stereocenters. The summed E-state index contributed by atoms with van der Waals surface area (Å²) in [5, 5.41) is 6.43. The highest BCUT2D eigenvalue weighted by atomic mass is 16.5. The summed E-state index contributed by atoms with van der Waals surface area (Å²) < 4.78 is 4.91. The first-order valence-electron chi connectivity index (χ1n) is 5.57. The van der Waals surface area contributed by atoms with Gasteiger partial charge < -0.3 is 14.7 Å². The number of hydrogen-bond donors (Lipinski definition) is 1. The lowest BCUT2D eigenvalue weighted by atomic mass is 10.1. The summed E-state index contributed by atoms with van der Waals surface area (Å²) in [6, 6.07) is -0.0458. The fourth-order valence-corrected chi connectivity index (χ4v) is 1.77. The largest absolute Gasteiger partial charge is 0.337 e. The molecule has 88 valence electrons. The molecule has 2 rings (SSSR count). The number of carbonyl (C=O) groups excluding carboxylic acids is 1. The SMILES string of the molecule is Cc1noc(CNC(=O)N2CCCCC2)n1. The molecule has 1 fully saturated rings. The first-order chi connectivity index (χ1) is 7.75. The third kappa shape index (κ3) is 2.71. The van der Waals surface area contributed by atoms with Gasteiger partial charge in [-0.3, -0.25) is 0 Å². The van der Waals surface area contributed by atoms with Crippen LogP contribution in [0.5, 0.6) is 0 Å². The maximum atomic E-state index is 11.7. The van der Waals surface area contributed by atoms with Gasteiger partial charge in [0, 0.05) is 13.1 Å². The Morgan fingerprint density at radius 3 is 2.81 bits per heavy atom. The minimum absolute atomic E-state index is 0.0458. The van der Waals surface area contributed by atoms with E-state index < -0.39 is 0 Å². The highest BCUT2D eigenvalue weighted by molar-refractivity contribution is 5.74. The van der Waals surface area contributed by atoms with Crippen LogP contribution in [0.1, 0.15) is 31.0 Å². The Hall–Kier alpha value is -1.59. The predicted octanol–water partition coefficient (Wildman–Crippen LogP) is 1.07. The summed E-state index contributed by atoms with van der Waals surface area (Å²) in [6.45, 7) is 3.74. The van der Waals surface area contributed by atoms with E-state index in [4.69, 9.17) is 4.52 Å². The average Bonchev–Trinajstić information content (AvgIpc) is 2.73. The van der Waals surface area contributed by atoms with E-state index in [-0.39, 0.29) is 6.03 Å². The number of hydrogen-bond acceptors (Lipinski definition) is 4. The average molecular weight is 224 g/mol. The Bertz CT molecular complexity index is 357. The Kier molecular flexibility index (Phi) is 3.38. The molecule has 1 aliphatic rings. The summed E-state index contributed by atoms with van der Waals surface area (Å²) in [4.78, 5) is 17.5. The normalized spacial score (nSPS) is 16.2. The minimum Gasteiger partial charge on any atom is -0.337 e. The van der Waals surface area contributed by atoms with Crippen LogP contribution in [0.3, 0.4) is 0 Å². The fraction of sp³-hybridized carbons (Fsp3) is 0.700. The van der Waals surface area contributed by atoms with Crippen molar-refractivity contribution in [3.8, 4) is 0 Å². The van der Waals surface area contributed by atoms with Gasteiger partial charge in [0.15, 0.2) is 5.82 Å². The van der Waals surface area contributed by atoms with Crippen LogP contribution in [-0.4, -0.2) is 34.2 Å². The Morgan fingerprint density at radius 1 is 1.44 bits per heavy atom. The molecule has 1 saturated heterocycles. The standard InChI is InChI=1S/C10H16N4O2/c1-8-12-9(16-13-8)7-11-10(15)14-5-3-2-4-6-14/h2-7H2,1H3,(H,11,15). The molecule has 2 heterocycles. The number of rotatable bonds is 2. The van der Waals surface area contributed by atoms with Crippen LogP contribution in [0.2, 0.25) is 0 Å². The lowest BCUT2D eigenvalue weighted by molar-refractivity contribution is 0.184. The maximum absolute atomic E-state index is 11.7. The van der Waals surface area contributed by atoms with E-state index in [1.807, 2.05) is 4.90 Å². The maximum Gasteiger partial charge on any atom is 0.317 e. The highest BCUT2D eigenvalue weighted by Crippen LogP contribution is 2.08. The first kappa shape index (κ1) is 10.9. The van der Waals surface area contributed by atoms with Crippen LogP contribution in [0, 0.1) is 6.92 Å². The summed E-state index contributed by atoms with van der Waals surface area (Å²) in [7, 11) is 0. The van der Waals surface area contributed by atoms with Crippen LogP contribution in [0.15, 0.2) is 4.52 Å². The van der Waals surface area contributed by atoms with E-state index in [0.717, 1.165) is 25.9 Å². The molecule has 0 aromatic carbocycles. The molecule has 16 heavy (non-hydrogen) atoms. The van der Waals surface area contributed by atoms with Gasteiger partial charge in [-0.1, -0.05) is 5.16 Å². The molecule has 0 unspecified atom stereocenters. The lowest BCUT2D eigenvalue weighted by Crippen LogP contribution is -2.42. The van der Waals surface area contributed by atoms with Crippen molar-refractivity contribution in [2.45, 2.75) is 32.7 Å². The van der Waals surface area contributed by atoms with Crippen molar-refractivity contribution in [1.82, 2.24) is 20.4 Å². The minimum atomic E-state index is -0.0458. The number of nitrogens with one attached hydrogen (secondary N) is 1. The van der Waals surface area contributed by atoms with E-state index >= 15 is 0 Å². The van der Waals surface area contributed by atoms with Crippen molar-refractivity contribution >= 4 is 6.03 Å². The molecule has 2 amide bonds. The van der Waals surface area contributed by atoms with E-state index in [1.54, 1.807) is 6.92 Å². The molecule has 0 spiro atoms. The molecule has 0 radical (unpaired) electrons. The van der Waals surface area contributed by atoms with Gasteiger partial charge in [0.2, 0.25) is 5.89 Å². The van der Waals surface area contributed by atoms with Crippen molar-refractivity contribution in [3.63, 3.8) is 0 Å². The van der Waals surface area contributed by atoms with Crippen LogP contribution in [-0.2, 0) is 6.54 Å². The van der Waals surface area contributed by atoms with Gasteiger partial charge in [-0.15, -0.1) is 0 Å². The van der Waals surface area contributed by atoms with Gasteiger partial charge in [-0.05, 0) is 26.2 Å². The molecule has 6 nitrogen and oxygen atoms in total. The monoisotopic (exact) mass is 224 g/mol. The summed E-state index contributed by atoms with van der Waals surface area (Å²) in [6.07, 6.45) is 3.40. The molecular weight excluding hydrogens is 208 g/mol. The molecule has 1 aliphatic heterocycles. The Labute approximate surface area is 94.0 Å². The third-order valence-electron chi connectivity index (χ3n) is 2.60. The van der Waals surface area contributed by atoms with Gasteiger partial charge in [-0.25, -0.2) is 4.79 Å². The molecule has 6 heteroatoms. The number of urea groups is 1. The zero-order valence-corrected chi connectivity index (χ0v) is 9.40. The summed E-state index contributed by atoms with van der Waals surface area (Å²) in [5.74, 6) is 1.03. The molecule has 0 saturated carbocycles. The molecule has 0 aliphatic carbocycles. The second kappa shape index (κ2) is 4.96. The Morgan fingerprint density at radius 2 is 2.19 bits per heavy atom. The quantitative estimate of drug-likeness (QED) is 0.815. The molecule has 1 N–H and O–H groups in total. The zero-order valence-electron chi connectivity index (χ0n) is 9.40. The number of aryl methyl sites for hydroxylation is 1. The smallest absolute Gasteiger partial charge is 0.317 e. The summed E-state index contributed by atoms with van der Waals surface area (Å²) >= 11 is 0. The molecule has 1 aromatic heterocycles. The number of amides is 2. The van der Waals surface area contributed by atoms with Gasteiger partial charge >= 0.3 is 6.03 Å². The van der Waals surface area contributed by atoms with Crippen LogP contribution in [0.4, 0.5) is 4.79 Å². The predicted molar refractivity (Wildman–Crippen MR) is 56.7 cm³/mol. The van der Waals surface area contributed by atoms with E-state index in [9.17, 15) is 4.79 Å². The lowest BCUT2D eigenvalue weighted by Gasteiger charge is -2.26. The number of nitrogens with zero attached hydrogens (tertiary/aromatic N) is 3. The second-order valence-corrected chi connectivity index (χ2v) is 3.94. The fourth-order valence-electron chi connectivity index (χ4n) is 1.77. The highest BCUT2D eigenvalue weighted by Gasteiger charge is 2.16. The van der Waals surface area contributed by atoms with Gasteiger partial charge in [0.05, 0.1) is 6.54 Å². The topological polar surface area (TPSA) is 71.3 Å². The van der Waals surface area contributed by atoms with Gasteiger partial charge in [0.25, 0.3) is 0 Å². The Balaban J connectivity index is 1.78. The van der Waals surface area contributed by atoms with Gasteiger partial charge in [-0.2, -0.15) is 4.98 Å².